The Balaban J connectivity index is 0.00000289. The highest BCUT2D eigenvalue weighted by Crippen LogP contribution is 2.33. The van der Waals surface area contributed by atoms with Gasteiger partial charge in [0.1, 0.15) is 0 Å². The summed E-state index contributed by atoms with van der Waals surface area (Å²) in [6, 6.07) is 9.83. The lowest BCUT2D eigenvalue weighted by Crippen LogP contribution is -2.45. The second-order valence-electron chi connectivity index (χ2n) is 7.78. The lowest BCUT2D eigenvalue weighted by molar-refractivity contribution is 0.158. The summed E-state index contributed by atoms with van der Waals surface area (Å²) in [5.74, 6) is 1.18. The molecule has 1 N–H and O–H groups in total. The number of benzene rings is 1. The first kappa shape index (κ1) is 24.0. The molecule has 170 valence electrons. The first-order valence-electron chi connectivity index (χ1n) is 10.8. The molecular formula is C24H32ClN7. The number of halogens is 1. The molecule has 8 heteroatoms. The van der Waals surface area contributed by atoms with Crippen LogP contribution in [0.15, 0.2) is 64.5 Å². The number of anilines is 1. The van der Waals surface area contributed by atoms with Crippen LogP contribution in [0.5, 0.6) is 0 Å². The van der Waals surface area contributed by atoms with Gasteiger partial charge >= 0.3 is 0 Å². The number of allylic oxidation sites excluding steroid dienone is 3. The average Bonchev–Trinajstić information content (AvgIpc) is 2.81. The molecule has 2 heterocycles. The molecule has 2 aromatic rings. The zero-order chi connectivity index (χ0) is 21.5. The van der Waals surface area contributed by atoms with Crippen LogP contribution >= 0.6 is 11.6 Å². The van der Waals surface area contributed by atoms with E-state index in [4.69, 9.17) is 16.6 Å². The molecule has 1 aliphatic heterocycles. The molecule has 0 amide bonds. The largest absolute Gasteiger partial charge is 0.367 e. The van der Waals surface area contributed by atoms with E-state index in [1.54, 1.807) is 0 Å². The van der Waals surface area contributed by atoms with E-state index in [0.29, 0.717) is 22.5 Å². The van der Waals surface area contributed by atoms with Gasteiger partial charge in [0.2, 0.25) is 0 Å². The fourth-order valence-corrected chi connectivity index (χ4v) is 3.75. The maximum absolute atomic E-state index is 6.55. The molecular weight excluding hydrogens is 422 g/mol. The molecule has 0 spiro atoms. The third kappa shape index (κ3) is 6.45. The van der Waals surface area contributed by atoms with Gasteiger partial charge in [0.25, 0.3) is 0 Å². The Labute approximate surface area is 195 Å². The fraction of sp³-hybridized carbons (Fsp3) is 0.417. The third-order valence-corrected chi connectivity index (χ3v) is 5.69. The Morgan fingerprint density at radius 2 is 1.81 bits per heavy atom. The molecule has 1 aromatic heterocycles. The highest BCUT2D eigenvalue weighted by Gasteiger charge is 2.16. The van der Waals surface area contributed by atoms with Crippen LogP contribution in [0.3, 0.4) is 0 Å². The molecule has 1 aromatic carbocycles. The summed E-state index contributed by atoms with van der Waals surface area (Å²) in [4.78, 5) is 14.0. The second-order valence-corrected chi connectivity index (χ2v) is 8.14. The molecule has 0 bridgehead atoms. The number of hydrogen-bond donors (Lipinski definition) is 1. The molecule has 2 aliphatic rings. The van der Waals surface area contributed by atoms with E-state index in [1.165, 1.54) is 0 Å². The second kappa shape index (κ2) is 11.9. The van der Waals surface area contributed by atoms with E-state index < -0.39 is 0 Å². The van der Waals surface area contributed by atoms with Crippen LogP contribution in [0.25, 0.3) is 11.4 Å². The lowest BCUT2D eigenvalue weighted by Gasteiger charge is -2.32. The number of azo groups is 1. The average molecular weight is 454 g/mol. The van der Waals surface area contributed by atoms with Gasteiger partial charge in [-0.25, -0.2) is 9.97 Å². The van der Waals surface area contributed by atoms with Crippen molar-refractivity contribution in [1.29, 1.82) is 0 Å². The Hall–Kier alpha value is -2.61. The van der Waals surface area contributed by atoms with Crippen LogP contribution < -0.4 is 5.32 Å². The number of nitrogens with zero attached hydrogens (tertiary/aromatic N) is 6. The topological polar surface area (TPSA) is 69.0 Å². The summed E-state index contributed by atoms with van der Waals surface area (Å²) >= 11 is 6.55. The summed E-state index contributed by atoms with van der Waals surface area (Å²) in [7, 11) is 2.16. The van der Waals surface area contributed by atoms with E-state index >= 15 is 0 Å². The Morgan fingerprint density at radius 1 is 1.03 bits per heavy atom. The van der Waals surface area contributed by atoms with Crippen LogP contribution in [0, 0.1) is 0 Å². The van der Waals surface area contributed by atoms with Gasteiger partial charge in [0.15, 0.2) is 22.5 Å². The van der Waals surface area contributed by atoms with Crippen molar-refractivity contribution in [3.05, 3.63) is 59.4 Å². The summed E-state index contributed by atoms with van der Waals surface area (Å²) < 4.78 is 0. The lowest BCUT2D eigenvalue weighted by atomic mass is 10.2. The van der Waals surface area contributed by atoms with Gasteiger partial charge in [0, 0.05) is 44.8 Å². The van der Waals surface area contributed by atoms with E-state index in [-0.39, 0.29) is 7.43 Å². The van der Waals surface area contributed by atoms with Crippen molar-refractivity contribution in [2.45, 2.75) is 20.3 Å². The van der Waals surface area contributed by atoms with Crippen LogP contribution in [-0.4, -0.2) is 66.1 Å². The number of nitrogens with one attached hydrogen (secondary N) is 1. The van der Waals surface area contributed by atoms with Crippen LogP contribution in [0.4, 0.5) is 11.5 Å². The molecule has 0 unspecified atom stereocenters. The molecule has 4 rings (SSSR count). The fourth-order valence-electron chi connectivity index (χ4n) is 3.54. The molecule has 0 atom stereocenters. The zero-order valence-corrected chi connectivity index (χ0v) is 18.6. The SMILES string of the molecule is C.CN1CCN(CCNc2nc(-c3ccccc3)nc(Cl)c2N=NC2=CCCC=C2)CC1. The van der Waals surface area contributed by atoms with Gasteiger partial charge < -0.3 is 10.2 Å². The number of aromatic nitrogens is 2. The van der Waals surface area contributed by atoms with Crippen LogP contribution in [0.1, 0.15) is 20.3 Å². The number of rotatable bonds is 7. The molecule has 32 heavy (non-hydrogen) atoms. The normalized spacial score (nSPS) is 17.2. The third-order valence-electron chi connectivity index (χ3n) is 5.43. The molecule has 7 nitrogen and oxygen atoms in total. The van der Waals surface area contributed by atoms with Crippen molar-refractivity contribution in [3.63, 3.8) is 0 Å². The number of likely N-dealkylation sites (N-methyl/N-ethyl adjacent to an activating group) is 1. The minimum absolute atomic E-state index is 0. The Bertz CT molecular complexity index is 964. The van der Waals surface area contributed by atoms with Crippen molar-refractivity contribution in [1.82, 2.24) is 19.8 Å². The summed E-state index contributed by atoms with van der Waals surface area (Å²) in [6.45, 7) is 6.02. The molecule has 1 aliphatic carbocycles. The van der Waals surface area contributed by atoms with Crippen molar-refractivity contribution in [2.75, 3.05) is 51.6 Å². The summed E-state index contributed by atoms with van der Waals surface area (Å²) in [6.07, 6.45) is 8.14. The minimum atomic E-state index is 0. The molecule has 1 fully saturated rings. The van der Waals surface area contributed by atoms with Gasteiger partial charge in [-0.1, -0.05) is 61.5 Å². The summed E-state index contributed by atoms with van der Waals surface area (Å²) in [5, 5.41) is 12.5. The van der Waals surface area contributed by atoms with Gasteiger partial charge in [-0.15, -0.1) is 5.11 Å². The predicted molar refractivity (Wildman–Crippen MR) is 133 cm³/mol. The smallest absolute Gasteiger partial charge is 0.165 e. The van der Waals surface area contributed by atoms with Gasteiger partial charge in [-0.2, -0.15) is 5.11 Å². The number of hydrogen-bond acceptors (Lipinski definition) is 7. The quantitative estimate of drug-likeness (QED) is 0.448. The maximum atomic E-state index is 6.55. The zero-order valence-electron chi connectivity index (χ0n) is 17.8. The molecule has 0 saturated carbocycles. The number of piperazine rings is 1. The summed E-state index contributed by atoms with van der Waals surface area (Å²) in [5.41, 5.74) is 2.21. The van der Waals surface area contributed by atoms with Crippen molar-refractivity contribution >= 4 is 23.1 Å². The standard InChI is InChI=1S/C23H28ClN7.CH4/c1-30-14-16-31(17-15-30)13-12-25-23-20(29-28-19-10-6-3-7-11-19)21(24)26-22(27-23)18-8-4-2-5-9-18;/h2,4-6,8-11H,3,7,12-17H2,1H3,(H,25,26,27);1H4. The van der Waals surface area contributed by atoms with Gasteiger partial charge in [-0.3, -0.25) is 4.90 Å². The molecule has 1 saturated heterocycles. The van der Waals surface area contributed by atoms with E-state index in [0.717, 1.165) is 63.4 Å². The van der Waals surface area contributed by atoms with Crippen molar-refractivity contribution in [3.8, 4) is 11.4 Å². The van der Waals surface area contributed by atoms with E-state index in [1.807, 2.05) is 36.4 Å². The predicted octanol–water partition coefficient (Wildman–Crippen LogP) is 5.41. The van der Waals surface area contributed by atoms with Gasteiger partial charge in [-0.05, 0) is 26.0 Å². The van der Waals surface area contributed by atoms with Gasteiger partial charge in [0.05, 0.1) is 5.70 Å². The highest BCUT2D eigenvalue weighted by molar-refractivity contribution is 6.32. The van der Waals surface area contributed by atoms with Crippen molar-refractivity contribution < 1.29 is 0 Å². The van der Waals surface area contributed by atoms with E-state index in [9.17, 15) is 0 Å². The first-order chi connectivity index (χ1) is 15.2. The highest BCUT2D eigenvalue weighted by atomic mass is 35.5. The van der Waals surface area contributed by atoms with Crippen LogP contribution in [0.2, 0.25) is 5.15 Å². The van der Waals surface area contributed by atoms with E-state index in [2.05, 4.69) is 49.5 Å². The van der Waals surface area contributed by atoms with Crippen LogP contribution in [-0.2, 0) is 0 Å². The van der Waals surface area contributed by atoms with Crippen molar-refractivity contribution in [2.24, 2.45) is 10.2 Å². The minimum Gasteiger partial charge on any atom is -0.367 e. The maximum Gasteiger partial charge on any atom is 0.165 e. The first-order valence-corrected chi connectivity index (χ1v) is 11.1. The Morgan fingerprint density at radius 3 is 2.53 bits per heavy atom. The monoisotopic (exact) mass is 453 g/mol. The molecule has 0 radical (unpaired) electrons. The Kier molecular flexibility index (Phi) is 8.90.